The molecular weight excluding hydrogens is 709 g/mol. The fourth-order valence-corrected chi connectivity index (χ4v) is 7.90. The third-order valence-electron chi connectivity index (χ3n) is 11.1. The standard InChI is InChI=1S/C53H46N4O/c1-52(2,3)39-28-37(29-40(33-39)53(4,5)6)38-31-45(56-46(32-38)43-18-8-10-21-49(43)58)35-15-13-16-36(27-35)51-41(19-14-26-55-51)34-23-24-48-44(30-34)42-17-7-9-20-47(42)57(48)50-22-11-12-25-54-50/h7-33,58H,1-6H3. The molecule has 284 valence electrons. The smallest absolute Gasteiger partial charge is 0.137 e. The summed E-state index contributed by atoms with van der Waals surface area (Å²) >= 11 is 0. The number of phenolic OH excluding ortho intramolecular Hbond substituents is 1. The van der Waals surface area contributed by atoms with Crippen molar-refractivity contribution in [3.8, 4) is 67.6 Å². The SMILES string of the molecule is CC(C)(C)c1cc(-c2cc(-c3cccc(-c4ncccc4-c4ccc5c(c4)c4ccccc4n5-c4ccccn4)c3)nc(-c3ccccc3O)c2)cc(C(C)(C)C)c1. The molecule has 0 aliphatic heterocycles. The van der Waals surface area contributed by atoms with Crippen LogP contribution in [0.2, 0.25) is 0 Å². The quantitative estimate of drug-likeness (QED) is 0.184. The molecule has 4 heterocycles. The molecule has 0 saturated carbocycles. The number of pyridine rings is 3. The Bertz CT molecular complexity index is 2950. The summed E-state index contributed by atoms with van der Waals surface area (Å²) in [5.41, 5.74) is 14.1. The van der Waals surface area contributed by atoms with Crippen LogP contribution in [0.1, 0.15) is 52.7 Å². The van der Waals surface area contributed by atoms with Crippen LogP contribution in [0, 0.1) is 0 Å². The fraction of sp³-hybridized carbons (Fsp3) is 0.151. The summed E-state index contributed by atoms with van der Waals surface area (Å²) in [6.07, 6.45) is 3.70. The molecule has 4 aromatic heterocycles. The minimum atomic E-state index is -0.0399. The number of hydrogen-bond donors (Lipinski definition) is 1. The van der Waals surface area contributed by atoms with Crippen LogP contribution in [0.25, 0.3) is 83.6 Å². The van der Waals surface area contributed by atoms with Gasteiger partial charge in [-0.1, -0.05) is 126 Å². The van der Waals surface area contributed by atoms with E-state index >= 15 is 0 Å². The van der Waals surface area contributed by atoms with E-state index in [1.807, 2.05) is 54.9 Å². The summed E-state index contributed by atoms with van der Waals surface area (Å²) in [5.74, 6) is 1.09. The summed E-state index contributed by atoms with van der Waals surface area (Å²) < 4.78 is 2.23. The Morgan fingerprint density at radius 3 is 1.86 bits per heavy atom. The van der Waals surface area contributed by atoms with Gasteiger partial charge in [0.1, 0.15) is 11.6 Å². The molecule has 0 fully saturated rings. The van der Waals surface area contributed by atoms with E-state index in [2.05, 4.69) is 149 Å². The van der Waals surface area contributed by atoms with E-state index in [0.717, 1.165) is 67.0 Å². The molecule has 58 heavy (non-hydrogen) atoms. The highest BCUT2D eigenvalue weighted by atomic mass is 16.3. The average molecular weight is 755 g/mol. The lowest BCUT2D eigenvalue weighted by Crippen LogP contribution is -2.16. The van der Waals surface area contributed by atoms with E-state index in [4.69, 9.17) is 15.0 Å². The third kappa shape index (κ3) is 6.83. The van der Waals surface area contributed by atoms with Crippen molar-refractivity contribution >= 4 is 21.8 Å². The highest BCUT2D eigenvalue weighted by Crippen LogP contribution is 2.40. The second-order valence-electron chi connectivity index (χ2n) is 17.2. The molecule has 0 spiro atoms. The number of fused-ring (bicyclic) bond motifs is 3. The summed E-state index contributed by atoms with van der Waals surface area (Å²) in [4.78, 5) is 14.9. The van der Waals surface area contributed by atoms with Gasteiger partial charge in [0.15, 0.2) is 0 Å². The molecule has 5 heteroatoms. The van der Waals surface area contributed by atoms with Crippen LogP contribution in [0.15, 0.2) is 164 Å². The number of phenols is 1. The van der Waals surface area contributed by atoms with E-state index in [1.54, 1.807) is 6.07 Å². The highest BCUT2D eigenvalue weighted by molar-refractivity contribution is 6.10. The van der Waals surface area contributed by atoms with Crippen molar-refractivity contribution < 1.29 is 5.11 Å². The maximum atomic E-state index is 11.1. The van der Waals surface area contributed by atoms with Gasteiger partial charge in [-0.2, -0.15) is 0 Å². The van der Waals surface area contributed by atoms with Gasteiger partial charge in [-0.25, -0.2) is 9.97 Å². The van der Waals surface area contributed by atoms with Gasteiger partial charge in [-0.05, 0) is 105 Å². The van der Waals surface area contributed by atoms with Gasteiger partial charge in [0.05, 0.1) is 28.1 Å². The minimum absolute atomic E-state index is 0.0399. The summed E-state index contributed by atoms with van der Waals surface area (Å²) in [6.45, 7) is 13.6. The van der Waals surface area contributed by atoms with Gasteiger partial charge >= 0.3 is 0 Å². The van der Waals surface area contributed by atoms with Crippen LogP contribution < -0.4 is 0 Å². The number of benzene rings is 5. The van der Waals surface area contributed by atoms with E-state index in [9.17, 15) is 5.11 Å². The van der Waals surface area contributed by atoms with Crippen molar-refractivity contribution in [2.45, 2.75) is 52.4 Å². The Balaban J connectivity index is 1.19. The van der Waals surface area contributed by atoms with Gasteiger partial charge in [-0.15, -0.1) is 0 Å². The van der Waals surface area contributed by atoms with Crippen molar-refractivity contribution in [1.82, 2.24) is 19.5 Å². The Kier molecular flexibility index (Phi) is 9.04. The normalized spacial score (nSPS) is 12.0. The number of aromatic hydroxyl groups is 1. The number of hydrogen-bond acceptors (Lipinski definition) is 4. The van der Waals surface area contributed by atoms with E-state index in [0.29, 0.717) is 11.3 Å². The second kappa shape index (κ2) is 14.3. The predicted molar refractivity (Wildman–Crippen MR) is 240 cm³/mol. The topological polar surface area (TPSA) is 63.8 Å². The lowest BCUT2D eigenvalue weighted by atomic mass is 9.79. The maximum Gasteiger partial charge on any atom is 0.137 e. The molecule has 5 nitrogen and oxygen atoms in total. The predicted octanol–water partition coefficient (Wildman–Crippen LogP) is 13.6. The maximum absolute atomic E-state index is 11.1. The van der Waals surface area contributed by atoms with Crippen molar-refractivity contribution in [2.75, 3.05) is 0 Å². The first-order valence-electron chi connectivity index (χ1n) is 19.9. The molecule has 0 atom stereocenters. The summed E-state index contributed by atoms with van der Waals surface area (Å²) in [5, 5.41) is 13.4. The third-order valence-corrected chi connectivity index (χ3v) is 11.1. The molecule has 0 amide bonds. The Morgan fingerprint density at radius 1 is 0.448 bits per heavy atom. The molecule has 0 unspecified atom stereocenters. The van der Waals surface area contributed by atoms with Crippen LogP contribution in [0.4, 0.5) is 0 Å². The Morgan fingerprint density at radius 2 is 1.10 bits per heavy atom. The molecule has 0 aliphatic rings. The van der Waals surface area contributed by atoms with E-state index in [-0.39, 0.29) is 16.6 Å². The zero-order valence-corrected chi connectivity index (χ0v) is 33.8. The summed E-state index contributed by atoms with van der Waals surface area (Å²) in [7, 11) is 0. The number of para-hydroxylation sites is 2. The van der Waals surface area contributed by atoms with Gasteiger partial charge in [-0.3, -0.25) is 9.55 Å². The lowest BCUT2D eigenvalue weighted by molar-refractivity contribution is 0.477. The number of nitrogens with zero attached hydrogens (tertiary/aromatic N) is 4. The van der Waals surface area contributed by atoms with Crippen molar-refractivity contribution in [3.05, 3.63) is 175 Å². The van der Waals surface area contributed by atoms with Crippen molar-refractivity contribution in [1.29, 1.82) is 0 Å². The molecule has 0 saturated heterocycles. The molecule has 5 aromatic carbocycles. The molecule has 9 aromatic rings. The largest absolute Gasteiger partial charge is 0.507 e. The molecule has 0 aliphatic carbocycles. The monoisotopic (exact) mass is 754 g/mol. The second-order valence-corrected chi connectivity index (χ2v) is 17.2. The van der Waals surface area contributed by atoms with Gasteiger partial charge in [0.25, 0.3) is 0 Å². The number of aromatic nitrogens is 4. The van der Waals surface area contributed by atoms with Crippen LogP contribution in [0.3, 0.4) is 0 Å². The number of rotatable bonds is 6. The van der Waals surface area contributed by atoms with Gasteiger partial charge in [0, 0.05) is 45.4 Å². The molecule has 0 radical (unpaired) electrons. The highest BCUT2D eigenvalue weighted by Gasteiger charge is 2.22. The van der Waals surface area contributed by atoms with Crippen molar-refractivity contribution in [3.63, 3.8) is 0 Å². The zero-order valence-electron chi connectivity index (χ0n) is 33.8. The van der Waals surface area contributed by atoms with Crippen molar-refractivity contribution in [2.24, 2.45) is 0 Å². The minimum Gasteiger partial charge on any atom is -0.507 e. The van der Waals surface area contributed by atoms with Crippen LogP contribution >= 0.6 is 0 Å². The van der Waals surface area contributed by atoms with E-state index < -0.39 is 0 Å². The molecular formula is C53H46N4O. The molecule has 1 N–H and O–H groups in total. The summed E-state index contributed by atoms with van der Waals surface area (Å²) in [6, 6.07) is 52.5. The Hall–Kier alpha value is -6.85. The van der Waals surface area contributed by atoms with E-state index in [1.165, 1.54) is 16.5 Å². The van der Waals surface area contributed by atoms with Crippen LogP contribution in [-0.2, 0) is 10.8 Å². The van der Waals surface area contributed by atoms with Crippen LogP contribution in [0.5, 0.6) is 5.75 Å². The zero-order chi connectivity index (χ0) is 40.2. The van der Waals surface area contributed by atoms with Crippen LogP contribution in [-0.4, -0.2) is 24.6 Å². The van der Waals surface area contributed by atoms with Gasteiger partial charge in [0.2, 0.25) is 0 Å². The average Bonchev–Trinajstić information content (AvgIpc) is 3.57. The first-order chi connectivity index (χ1) is 27.9. The lowest BCUT2D eigenvalue weighted by Gasteiger charge is -2.26. The molecule has 9 rings (SSSR count). The van der Waals surface area contributed by atoms with Gasteiger partial charge < -0.3 is 5.11 Å². The first kappa shape index (κ1) is 36.8. The molecule has 0 bridgehead atoms. The Labute approximate surface area is 340 Å². The fourth-order valence-electron chi connectivity index (χ4n) is 7.90. The first-order valence-corrected chi connectivity index (χ1v) is 19.9.